The van der Waals surface area contributed by atoms with Crippen LogP contribution in [0.3, 0.4) is 0 Å². The third-order valence-corrected chi connectivity index (χ3v) is 4.32. The second kappa shape index (κ2) is 6.66. The summed E-state index contributed by atoms with van der Waals surface area (Å²) in [5.41, 5.74) is 6.97. The lowest BCUT2D eigenvalue weighted by atomic mass is 10.1. The SMILES string of the molecule is NC(=O)C(Sc1ncc(-c2ccc(F)cc2)o1)c1ccccc1. The Morgan fingerprint density at radius 2 is 1.83 bits per heavy atom. The molecule has 0 aliphatic carbocycles. The number of benzene rings is 2. The van der Waals surface area contributed by atoms with Gasteiger partial charge in [0.25, 0.3) is 5.22 Å². The standard InChI is InChI=1S/C17H13FN2O2S/c18-13-8-6-11(7-9-13)14-10-20-17(22-14)23-15(16(19)21)12-4-2-1-3-5-12/h1-10,15H,(H2,19,21). The third-order valence-electron chi connectivity index (χ3n) is 3.19. The molecule has 1 aromatic heterocycles. The number of halogens is 1. The number of nitrogens with zero attached hydrogens (tertiary/aromatic N) is 1. The Morgan fingerprint density at radius 3 is 2.48 bits per heavy atom. The van der Waals surface area contributed by atoms with E-state index in [1.54, 1.807) is 18.3 Å². The second-order valence-electron chi connectivity index (χ2n) is 4.81. The lowest BCUT2D eigenvalue weighted by Gasteiger charge is -2.10. The number of hydrogen-bond acceptors (Lipinski definition) is 4. The van der Waals surface area contributed by atoms with Crippen molar-refractivity contribution in [3.8, 4) is 11.3 Å². The Hall–Kier alpha value is -2.60. The van der Waals surface area contributed by atoms with Crippen LogP contribution >= 0.6 is 11.8 Å². The zero-order valence-electron chi connectivity index (χ0n) is 12.0. The Morgan fingerprint density at radius 1 is 1.13 bits per heavy atom. The van der Waals surface area contributed by atoms with Crippen molar-refractivity contribution in [3.05, 3.63) is 72.2 Å². The minimum absolute atomic E-state index is 0.319. The highest BCUT2D eigenvalue weighted by Gasteiger charge is 2.22. The normalized spacial score (nSPS) is 12.0. The van der Waals surface area contributed by atoms with E-state index in [0.29, 0.717) is 16.5 Å². The first-order valence-electron chi connectivity index (χ1n) is 6.86. The molecule has 3 aromatic rings. The van der Waals surface area contributed by atoms with Gasteiger partial charge in [-0.25, -0.2) is 9.37 Å². The fourth-order valence-corrected chi connectivity index (χ4v) is 2.94. The van der Waals surface area contributed by atoms with Gasteiger partial charge in [-0.05, 0) is 41.6 Å². The number of thioether (sulfide) groups is 1. The van der Waals surface area contributed by atoms with Gasteiger partial charge in [-0.15, -0.1) is 0 Å². The smallest absolute Gasteiger partial charge is 0.257 e. The van der Waals surface area contributed by atoms with Gasteiger partial charge in [0.2, 0.25) is 5.91 Å². The number of carbonyl (C=O) groups excluding carboxylic acids is 1. The lowest BCUT2D eigenvalue weighted by molar-refractivity contribution is -0.117. The predicted molar refractivity (Wildman–Crippen MR) is 86.1 cm³/mol. The van der Waals surface area contributed by atoms with Crippen molar-refractivity contribution in [1.82, 2.24) is 4.98 Å². The predicted octanol–water partition coefficient (Wildman–Crippen LogP) is 3.80. The molecule has 1 amide bonds. The zero-order valence-corrected chi connectivity index (χ0v) is 12.8. The molecule has 0 aliphatic heterocycles. The van der Waals surface area contributed by atoms with Crippen LogP contribution in [-0.4, -0.2) is 10.9 Å². The van der Waals surface area contributed by atoms with E-state index in [2.05, 4.69) is 4.98 Å². The van der Waals surface area contributed by atoms with Crippen molar-refractivity contribution in [2.75, 3.05) is 0 Å². The largest absolute Gasteiger partial charge is 0.431 e. The van der Waals surface area contributed by atoms with Gasteiger partial charge in [0, 0.05) is 5.56 Å². The third kappa shape index (κ3) is 3.60. The quantitative estimate of drug-likeness (QED) is 0.723. The number of aromatic nitrogens is 1. The number of primary amides is 1. The lowest BCUT2D eigenvalue weighted by Crippen LogP contribution is -2.18. The van der Waals surface area contributed by atoms with Crippen molar-refractivity contribution in [2.45, 2.75) is 10.5 Å². The van der Waals surface area contributed by atoms with Crippen LogP contribution in [0.15, 0.2) is 70.4 Å². The van der Waals surface area contributed by atoms with Gasteiger partial charge in [-0.1, -0.05) is 30.3 Å². The van der Waals surface area contributed by atoms with Crippen molar-refractivity contribution >= 4 is 17.7 Å². The van der Waals surface area contributed by atoms with Crippen LogP contribution < -0.4 is 5.73 Å². The van der Waals surface area contributed by atoms with Crippen LogP contribution in [0.25, 0.3) is 11.3 Å². The highest BCUT2D eigenvalue weighted by molar-refractivity contribution is 8.00. The van der Waals surface area contributed by atoms with E-state index in [9.17, 15) is 9.18 Å². The summed E-state index contributed by atoms with van der Waals surface area (Å²) in [5.74, 6) is -0.285. The maximum atomic E-state index is 13.0. The van der Waals surface area contributed by atoms with Crippen molar-refractivity contribution in [3.63, 3.8) is 0 Å². The van der Waals surface area contributed by atoms with Crippen LogP contribution in [0.5, 0.6) is 0 Å². The van der Waals surface area contributed by atoms with Gasteiger partial charge in [-0.3, -0.25) is 4.79 Å². The molecule has 4 nitrogen and oxygen atoms in total. The van der Waals surface area contributed by atoms with Gasteiger partial charge in [0.15, 0.2) is 5.76 Å². The maximum absolute atomic E-state index is 13.0. The van der Waals surface area contributed by atoms with Gasteiger partial charge in [-0.2, -0.15) is 0 Å². The molecule has 3 rings (SSSR count). The van der Waals surface area contributed by atoms with Crippen molar-refractivity contribution in [2.24, 2.45) is 5.73 Å². The van der Waals surface area contributed by atoms with E-state index < -0.39 is 11.2 Å². The van der Waals surface area contributed by atoms with Crippen LogP contribution in [0.1, 0.15) is 10.8 Å². The van der Waals surface area contributed by atoms with Crippen LogP contribution in [0, 0.1) is 5.82 Å². The molecule has 23 heavy (non-hydrogen) atoms. The van der Waals surface area contributed by atoms with E-state index >= 15 is 0 Å². The topological polar surface area (TPSA) is 69.1 Å². The molecule has 0 aliphatic rings. The van der Waals surface area contributed by atoms with Crippen LogP contribution in [0.4, 0.5) is 4.39 Å². The average Bonchev–Trinajstić information content (AvgIpc) is 3.02. The van der Waals surface area contributed by atoms with Crippen molar-refractivity contribution < 1.29 is 13.6 Å². The van der Waals surface area contributed by atoms with E-state index in [-0.39, 0.29) is 5.82 Å². The van der Waals surface area contributed by atoms with E-state index in [4.69, 9.17) is 10.2 Å². The fourth-order valence-electron chi connectivity index (χ4n) is 2.08. The first kappa shape index (κ1) is 15.3. The molecule has 1 atom stereocenters. The summed E-state index contributed by atoms with van der Waals surface area (Å²) in [6, 6.07) is 15.1. The summed E-state index contributed by atoms with van der Waals surface area (Å²) >= 11 is 1.14. The highest BCUT2D eigenvalue weighted by Crippen LogP contribution is 2.36. The maximum Gasteiger partial charge on any atom is 0.257 e. The van der Waals surface area contributed by atoms with Gasteiger partial charge in [0.1, 0.15) is 11.1 Å². The number of nitrogens with two attached hydrogens (primary N) is 1. The summed E-state index contributed by atoms with van der Waals surface area (Å²) < 4.78 is 18.6. The Bertz CT molecular complexity index is 803. The summed E-state index contributed by atoms with van der Waals surface area (Å²) in [7, 11) is 0. The number of rotatable bonds is 5. The number of amides is 1. The van der Waals surface area contributed by atoms with E-state index in [1.807, 2.05) is 30.3 Å². The molecule has 0 radical (unpaired) electrons. The summed E-state index contributed by atoms with van der Waals surface area (Å²) in [5, 5.41) is -0.257. The zero-order chi connectivity index (χ0) is 16.2. The van der Waals surface area contributed by atoms with Crippen LogP contribution in [-0.2, 0) is 4.79 Å². The Labute approximate surface area is 136 Å². The van der Waals surface area contributed by atoms with Gasteiger partial charge in [0.05, 0.1) is 6.20 Å². The average molecular weight is 328 g/mol. The molecule has 0 fully saturated rings. The molecule has 116 valence electrons. The number of carbonyl (C=O) groups is 1. The Kier molecular flexibility index (Phi) is 4.43. The fraction of sp³-hybridized carbons (Fsp3) is 0.0588. The first-order chi connectivity index (χ1) is 11.1. The van der Waals surface area contributed by atoms with Gasteiger partial charge < -0.3 is 10.2 Å². The van der Waals surface area contributed by atoms with E-state index in [0.717, 1.165) is 17.3 Å². The number of hydrogen-bond donors (Lipinski definition) is 1. The highest BCUT2D eigenvalue weighted by atomic mass is 32.2. The van der Waals surface area contributed by atoms with Gasteiger partial charge >= 0.3 is 0 Å². The molecular formula is C17H13FN2O2S. The Balaban J connectivity index is 1.82. The molecule has 0 saturated carbocycles. The molecule has 0 bridgehead atoms. The van der Waals surface area contributed by atoms with E-state index in [1.165, 1.54) is 12.1 Å². The first-order valence-corrected chi connectivity index (χ1v) is 7.74. The monoisotopic (exact) mass is 328 g/mol. The molecule has 1 heterocycles. The molecule has 6 heteroatoms. The molecule has 0 spiro atoms. The molecule has 0 saturated heterocycles. The summed E-state index contributed by atoms with van der Waals surface area (Å²) in [6.07, 6.45) is 1.54. The molecular weight excluding hydrogens is 315 g/mol. The molecule has 1 unspecified atom stereocenters. The summed E-state index contributed by atoms with van der Waals surface area (Å²) in [4.78, 5) is 15.9. The molecule has 2 N–H and O–H groups in total. The second-order valence-corrected chi connectivity index (χ2v) is 5.86. The minimum Gasteiger partial charge on any atom is -0.431 e. The van der Waals surface area contributed by atoms with Crippen LogP contribution in [0.2, 0.25) is 0 Å². The van der Waals surface area contributed by atoms with Crippen molar-refractivity contribution in [1.29, 1.82) is 0 Å². The number of oxazole rings is 1. The minimum atomic E-state index is -0.587. The molecule has 2 aromatic carbocycles. The summed E-state index contributed by atoms with van der Waals surface area (Å²) in [6.45, 7) is 0.